The largest absolute Gasteiger partial charge is 0.341 e. The molecular formula is C18H30N4O. The molecule has 1 aliphatic carbocycles. The van der Waals surface area contributed by atoms with Crippen LogP contribution in [0.4, 0.5) is 0 Å². The fourth-order valence-electron chi connectivity index (χ4n) is 4.30. The Labute approximate surface area is 139 Å². The van der Waals surface area contributed by atoms with Gasteiger partial charge >= 0.3 is 0 Å². The first-order chi connectivity index (χ1) is 10.9. The van der Waals surface area contributed by atoms with Gasteiger partial charge in [-0.15, -0.1) is 0 Å². The summed E-state index contributed by atoms with van der Waals surface area (Å²) in [6.07, 6.45) is 5.61. The highest BCUT2D eigenvalue weighted by atomic mass is 16.2. The monoisotopic (exact) mass is 318 g/mol. The summed E-state index contributed by atoms with van der Waals surface area (Å²) in [7, 11) is 0. The smallest absolute Gasteiger partial charge is 0.222 e. The Kier molecular flexibility index (Phi) is 4.47. The highest BCUT2D eigenvalue weighted by Crippen LogP contribution is 2.52. The fourth-order valence-corrected chi connectivity index (χ4v) is 4.30. The van der Waals surface area contributed by atoms with E-state index in [1.807, 2.05) is 0 Å². The average Bonchev–Trinajstić information content (AvgIpc) is 3.19. The van der Waals surface area contributed by atoms with Crippen molar-refractivity contribution in [2.75, 3.05) is 13.1 Å². The first kappa shape index (κ1) is 16.5. The van der Waals surface area contributed by atoms with Gasteiger partial charge in [0.15, 0.2) is 5.82 Å². The third-order valence-corrected chi connectivity index (χ3v) is 5.55. The van der Waals surface area contributed by atoms with E-state index in [9.17, 15) is 4.79 Å². The van der Waals surface area contributed by atoms with Gasteiger partial charge in [-0.2, -0.15) is 5.10 Å². The summed E-state index contributed by atoms with van der Waals surface area (Å²) in [4.78, 5) is 19.4. The Morgan fingerprint density at radius 3 is 2.57 bits per heavy atom. The molecule has 0 aromatic carbocycles. The maximum atomic E-state index is 12.6. The summed E-state index contributed by atoms with van der Waals surface area (Å²) in [6.45, 7) is 10.2. The second kappa shape index (κ2) is 6.25. The molecule has 1 spiro atoms. The molecule has 0 radical (unpaired) electrons. The number of amides is 1. The Morgan fingerprint density at radius 1 is 1.30 bits per heavy atom. The number of rotatable bonds is 4. The maximum Gasteiger partial charge on any atom is 0.222 e. The number of hydrogen-bond acceptors (Lipinski definition) is 3. The van der Waals surface area contributed by atoms with Gasteiger partial charge < -0.3 is 4.90 Å². The summed E-state index contributed by atoms with van der Waals surface area (Å²) in [5.41, 5.74) is 0.223. The van der Waals surface area contributed by atoms with E-state index < -0.39 is 0 Å². The first-order valence-electron chi connectivity index (χ1n) is 9.11. The molecule has 23 heavy (non-hydrogen) atoms. The number of H-pyrrole nitrogens is 1. The molecule has 1 atom stereocenters. The molecule has 5 heteroatoms. The maximum absolute atomic E-state index is 12.6. The van der Waals surface area contributed by atoms with Crippen LogP contribution in [0.2, 0.25) is 0 Å². The zero-order valence-corrected chi connectivity index (χ0v) is 14.9. The normalized spacial score (nSPS) is 23.6. The standard InChI is InChI=1S/C18H30N4O/c1-12(2)9-15(23)22-10-14(18(11-22)7-5-6-8-18)17-19-16(13(3)4)20-21-17/h12-14H,5-11H2,1-4H3,(H,19,20,21). The SMILES string of the molecule is CC(C)CC(=O)N1CC(c2nc(C(C)C)n[nH]2)C2(CCCC2)C1. The van der Waals surface area contributed by atoms with E-state index in [0.717, 1.165) is 24.7 Å². The Bertz CT molecular complexity index is 557. The van der Waals surface area contributed by atoms with E-state index in [0.29, 0.717) is 30.1 Å². The molecule has 1 saturated heterocycles. The van der Waals surface area contributed by atoms with Crippen LogP contribution in [0.3, 0.4) is 0 Å². The van der Waals surface area contributed by atoms with Crippen LogP contribution < -0.4 is 0 Å². The number of nitrogens with zero attached hydrogens (tertiary/aromatic N) is 3. The van der Waals surface area contributed by atoms with Gasteiger partial charge in [-0.05, 0) is 24.2 Å². The minimum Gasteiger partial charge on any atom is -0.341 e. The number of nitrogens with one attached hydrogen (secondary N) is 1. The Hall–Kier alpha value is -1.39. The number of aromatic nitrogens is 3. The molecule has 2 aliphatic rings. The lowest BCUT2D eigenvalue weighted by molar-refractivity contribution is -0.131. The highest BCUT2D eigenvalue weighted by molar-refractivity contribution is 5.77. The molecule has 1 unspecified atom stereocenters. The van der Waals surface area contributed by atoms with E-state index in [1.165, 1.54) is 25.7 Å². The van der Waals surface area contributed by atoms with Gasteiger partial charge in [0.1, 0.15) is 5.82 Å². The van der Waals surface area contributed by atoms with Crippen molar-refractivity contribution >= 4 is 5.91 Å². The van der Waals surface area contributed by atoms with Crippen molar-refractivity contribution in [1.29, 1.82) is 0 Å². The van der Waals surface area contributed by atoms with Gasteiger partial charge in [0, 0.05) is 31.3 Å². The Morgan fingerprint density at radius 2 is 2.00 bits per heavy atom. The summed E-state index contributed by atoms with van der Waals surface area (Å²) in [5.74, 6) is 3.26. The molecular weight excluding hydrogens is 288 g/mol. The van der Waals surface area contributed by atoms with Crippen LogP contribution in [-0.2, 0) is 4.79 Å². The molecule has 128 valence electrons. The summed E-state index contributed by atoms with van der Waals surface area (Å²) in [5, 5.41) is 7.57. The van der Waals surface area contributed by atoms with Crippen molar-refractivity contribution in [2.45, 2.75) is 71.6 Å². The van der Waals surface area contributed by atoms with E-state index >= 15 is 0 Å². The van der Waals surface area contributed by atoms with Crippen molar-refractivity contribution in [2.24, 2.45) is 11.3 Å². The molecule has 5 nitrogen and oxygen atoms in total. The zero-order valence-electron chi connectivity index (χ0n) is 14.9. The molecule has 1 amide bonds. The van der Waals surface area contributed by atoms with Gasteiger partial charge in [0.25, 0.3) is 0 Å². The van der Waals surface area contributed by atoms with Crippen LogP contribution in [0.5, 0.6) is 0 Å². The summed E-state index contributed by atoms with van der Waals surface area (Å²) >= 11 is 0. The number of carbonyl (C=O) groups is 1. The molecule has 1 aromatic rings. The second-order valence-corrected chi connectivity index (χ2v) is 8.23. The van der Waals surface area contributed by atoms with Crippen LogP contribution in [0.25, 0.3) is 0 Å². The lowest BCUT2D eigenvalue weighted by atomic mass is 9.76. The third-order valence-electron chi connectivity index (χ3n) is 5.55. The quantitative estimate of drug-likeness (QED) is 0.924. The first-order valence-corrected chi connectivity index (χ1v) is 9.11. The van der Waals surface area contributed by atoms with E-state index in [2.05, 4.69) is 42.8 Å². The average molecular weight is 318 g/mol. The van der Waals surface area contributed by atoms with Gasteiger partial charge in [-0.3, -0.25) is 9.89 Å². The van der Waals surface area contributed by atoms with Crippen molar-refractivity contribution in [1.82, 2.24) is 20.1 Å². The van der Waals surface area contributed by atoms with E-state index in [-0.39, 0.29) is 5.41 Å². The number of aromatic amines is 1. The predicted molar refractivity (Wildman–Crippen MR) is 90.1 cm³/mol. The second-order valence-electron chi connectivity index (χ2n) is 8.23. The van der Waals surface area contributed by atoms with E-state index in [4.69, 9.17) is 4.98 Å². The zero-order chi connectivity index (χ0) is 16.6. The number of hydrogen-bond donors (Lipinski definition) is 1. The molecule has 3 rings (SSSR count). The van der Waals surface area contributed by atoms with E-state index in [1.54, 1.807) is 0 Å². The van der Waals surface area contributed by atoms with Crippen molar-refractivity contribution in [3.05, 3.63) is 11.6 Å². The van der Waals surface area contributed by atoms with Crippen molar-refractivity contribution < 1.29 is 4.79 Å². The Balaban J connectivity index is 1.83. The van der Waals surface area contributed by atoms with Crippen LogP contribution in [-0.4, -0.2) is 39.1 Å². The van der Waals surface area contributed by atoms with Gasteiger partial charge in [0.05, 0.1) is 0 Å². The van der Waals surface area contributed by atoms with Gasteiger partial charge in [-0.25, -0.2) is 4.98 Å². The molecule has 1 N–H and O–H groups in total. The molecule has 2 heterocycles. The molecule has 0 bridgehead atoms. The fraction of sp³-hybridized carbons (Fsp3) is 0.833. The topological polar surface area (TPSA) is 61.9 Å². The van der Waals surface area contributed by atoms with Gasteiger partial charge in [-0.1, -0.05) is 40.5 Å². The van der Waals surface area contributed by atoms with Gasteiger partial charge in [0.2, 0.25) is 5.91 Å². The molecule has 1 saturated carbocycles. The third kappa shape index (κ3) is 3.15. The lowest BCUT2D eigenvalue weighted by Gasteiger charge is -2.28. The predicted octanol–water partition coefficient (Wildman–Crippen LogP) is 3.46. The van der Waals surface area contributed by atoms with Crippen LogP contribution in [0.1, 0.15) is 83.3 Å². The lowest BCUT2D eigenvalue weighted by Crippen LogP contribution is -2.31. The van der Waals surface area contributed by atoms with Crippen molar-refractivity contribution in [3.63, 3.8) is 0 Å². The summed E-state index contributed by atoms with van der Waals surface area (Å²) < 4.78 is 0. The molecule has 1 aliphatic heterocycles. The minimum atomic E-state index is 0.223. The van der Waals surface area contributed by atoms with Crippen LogP contribution >= 0.6 is 0 Å². The van der Waals surface area contributed by atoms with Crippen LogP contribution in [0, 0.1) is 11.3 Å². The molecule has 1 aromatic heterocycles. The van der Waals surface area contributed by atoms with Crippen molar-refractivity contribution in [3.8, 4) is 0 Å². The summed E-state index contributed by atoms with van der Waals surface area (Å²) in [6, 6.07) is 0. The number of carbonyl (C=O) groups excluding carboxylic acids is 1. The molecule has 2 fully saturated rings. The number of likely N-dealkylation sites (tertiary alicyclic amines) is 1. The highest BCUT2D eigenvalue weighted by Gasteiger charge is 2.51. The van der Waals surface area contributed by atoms with Crippen LogP contribution in [0.15, 0.2) is 0 Å². The minimum absolute atomic E-state index is 0.223.